The highest BCUT2D eigenvalue weighted by Gasteiger charge is 2.21. The van der Waals surface area contributed by atoms with E-state index in [0.717, 1.165) is 43.7 Å². The zero-order valence-corrected chi connectivity index (χ0v) is 20.0. The number of carbonyl (C=O) groups is 1. The molecule has 0 unspecified atom stereocenters. The molecule has 34 heavy (non-hydrogen) atoms. The molecule has 2 heterocycles. The van der Waals surface area contributed by atoms with E-state index in [-0.39, 0.29) is 12.0 Å². The van der Waals surface area contributed by atoms with E-state index >= 15 is 0 Å². The average Bonchev–Trinajstić information content (AvgIpc) is 2.86. The maximum Gasteiger partial charge on any atom is 0.247 e. The van der Waals surface area contributed by atoms with Gasteiger partial charge in [-0.05, 0) is 56.5 Å². The lowest BCUT2D eigenvalue weighted by molar-refractivity contribution is -0.118. The van der Waals surface area contributed by atoms with Gasteiger partial charge in [-0.25, -0.2) is 4.98 Å². The second-order valence-corrected chi connectivity index (χ2v) is 9.02. The van der Waals surface area contributed by atoms with Gasteiger partial charge < -0.3 is 20.3 Å². The molecule has 1 amide bonds. The first-order valence-electron chi connectivity index (χ1n) is 12.0. The van der Waals surface area contributed by atoms with Crippen LogP contribution in [0.15, 0.2) is 72.9 Å². The molecule has 1 aliphatic heterocycles. The van der Waals surface area contributed by atoms with Crippen molar-refractivity contribution in [3.63, 3.8) is 0 Å². The molecule has 3 aromatic rings. The van der Waals surface area contributed by atoms with E-state index in [9.17, 15) is 4.79 Å². The van der Waals surface area contributed by atoms with Gasteiger partial charge in [0.15, 0.2) is 0 Å². The molecular weight excluding hydrogens is 424 g/mol. The van der Waals surface area contributed by atoms with Crippen LogP contribution in [0.25, 0.3) is 0 Å². The van der Waals surface area contributed by atoms with Crippen LogP contribution in [0.1, 0.15) is 35.6 Å². The Labute approximate surface area is 202 Å². The highest BCUT2D eigenvalue weighted by molar-refractivity contribution is 5.94. The normalized spacial score (nSPS) is 15.6. The molecule has 1 aromatic heterocycles. The highest BCUT2D eigenvalue weighted by Crippen LogP contribution is 2.20. The second kappa shape index (κ2) is 11.8. The number of likely N-dealkylation sites (tertiary alicyclic amines) is 1. The van der Waals surface area contributed by atoms with Crippen molar-refractivity contribution in [3.05, 3.63) is 89.6 Å². The zero-order chi connectivity index (χ0) is 23.8. The number of aromatic nitrogens is 1. The van der Waals surface area contributed by atoms with Crippen LogP contribution in [0.3, 0.4) is 0 Å². The van der Waals surface area contributed by atoms with Gasteiger partial charge in [0.2, 0.25) is 5.91 Å². The lowest BCUT2D eigenvalue weighted by Gasteiger charge is -2.29. The molecule has 2 N–H and O–H groups in total. The Morgan fingerprint density at radius 2 is 1.79 bits per heavy atom. The summed E-state index contributed by atoms with van der Waals surface area (Å²) in [6, 6.07) is 21.5. The summed E-state index contributed by atoms with van der Waals surface area (Å²) in [4.78, 5) is 19.9. The molecule has 0 aliphatic carbocycles. The molecule has 6 nitrogen and oxygen atoms in total. The molecule has 4 rings (SSSR count). The average molecular weight is 459 g/mol. The standard InChI is InChI=1S/C28H34N4O2/c1-21-8-10-22(11-9-21)14-17-29-27(23-6-4-3-5-7-23)28(33)31-26-13-12-25(20-30-26)34-24-15-18-32(2)19-16-24/h3-13,20,24,27,29H,14-19H2,1-2H3,(H,30,31,33)/t27-/m1/s1. The molecule has 1 aliphatic rings. The van der Waals surface area contributed by atoms with E-state index in [0.29, 0.717) is 12.4 Å². The first kappa shape index (κ1) is 23.9. The Morgan fingerprint density at radius 3 is 2.47 bits per heavy atom. The first-order valence-corrected chi connectivity index (χ1v) is 12.0. The fourth-order valence-corrected chi connectivity index (χ4v) is 4.14. The van der Waals surface area contributed by atoms with Crippen LogP contribution in [-0.2, 0) is 11.2 Å². The number of nitrogens with zero attached hydrogens (tertiary/aromatic N) is 2. The summed E-state index contributed by atoms with van der Waals surface area (Å²) < 4.78 is 6.07. The van der Waals surface area contributed by atoms with Crippen molar-refractivity contribution in [3.8, 4) is 5.75 Å². The van der Waals surface area contributed by atoms with E-state index in [1.165, 1.54) is 11.1 Å². The number of hydrogen-bond acceptors (Lipinski definition) is 5. The van der Waals surface area contributed by atoms with Crippen LogP contribution in [0, 0.1) is 6.92 Å². The van der Waals surface area contributed by atoms with E-state index in [1.54, 1.807) is 12.3 Å². The lowest BCUT2D eigenvalue weighted by atomic mass is 10.1. The third kappa shape index (κ3) is 6.89. The predicted molar refractivity (Wildman–Crippen MR) is 136 cm³/mol. The molecule has 0 radical (unpaired) electrons. The first-order chi connectivity index (χ1) is 16.6. The molecule has 0 spiro atoms. The molecule has 0 bridgehead atoms. The van der Waals surface area contributed by atoms with Crippen LogP contribution in [0.2, 0.25) is 0 Å². The molecule has 2 aromatic carbocycles. The molecular formula is C28H34N4O2. The number of piperidine rings is 1. The van der Waals surface area contributed by atoms with Gasteiger partial charge in [-0.3, -0.25) is 4.79 Å². The van der Waals surface area contributed by atoms with Crippen molar-refractivity contribution in [2.45, 2.75) is 38.3 Å². The van der Waals surface area contributed by atoms with Gasteiger partial charge in [0.05, 0.1) is 6.20 Å². The van der Waals surface area contributed by atoms with E-state index in [1.807, 2.05) is 36.4 Å². The predicted octanol–water partition coefficient (Wildman–Crippen LogP) is 4.38. The number of nitrogens with one attached hydrogen (secondary N) is 2. The summed E-state index contributed by atoms with van der Waals surface area (Å²) in [5.74, 6) is 1.12. The van der Waals surface area contributed by atoms with Gasteiger partial charge in [-0.2, -0.15) is 0 Å². The Hall–Kier alpha value is -3.22. The maximum atomic E-state index is 13.2. The van der Waals surface area contributed by atoms with Crippen molar-refractivity contribution in [2.75, 3.05) is 32.0 Å². The van der Waals surface area contributed by atoms with Crippen molar-refractivity contribution >= 4 is 11.7 Å². The Kier molecular flexibility index (Phi) is 8.28. The summed E-state index contributed by atoms with van der Waals surface area (Å²) in [5.41, 5.74) is 3.41. The maximum absolute atomic E-state index is 13.2. The largest absolute Gasteiger partial charge is 0.489 e. The number of anilines is 1. The van der Waals surface area contributed by atoms with Gasteiger partial charge in [0.25, 0.3) is 0 Å². The van der Waals surface area contributed by atoms with E-state index in [4.69, 9.17) is 4.74 Å². The SMILES string of the molecule is Cc1ccc(CCN[C@@H](C(=O)Nc2ccc(OC3CCN(C)CC3)cn2)c2ccccc2)cc1. The van der Waals surface area contributed by atoms with Crippen LogP contribution in [-0.4, -0.2) is 48.6 Å². The minimum absolute atomic E-state index is 0.133. The molecule has 6 heteroatoms. The third-order valence-corrected chi connectivity index (χ3v) is 6.23. The van der Waals surface area contributed by atoms with Gasteiger partial charge in [0.1, 0.15) is 23.7 Å². The fourth-order valence-electron chi connectivity index (χ4n) is 4.14. The van der Waals surface area contributed by atoms with Gasteiger partial charge >= 0.3 is 0 Å². The number of rotatable bonds is 9. The smallest absolute Gasteiger partial charge is 0.247 e. The minimum atomic E-state index is -0.469. The number of benzene rings is 2. The number of amides is 1. The molecule has 0 saturated carbocycles. The van der Waals surface area contributed by atoms with Crippen LogP contribution in [0.4, 0.5) is 5.82 Å². The summed E-state index contributed by atoms with van der Waals surface area (Å²) in [5, 5.41) is 6.38. The second-order valence-electron chi connectivity index (χ2n) is 9.02. The Balaban J connectivity index is 1.35. The lowest BCUT2D eigenvalue weighted by Crippen LogP contribution is -2.35. The number of aryl methyl sites for hydroxylation is 1. The molecule has 1 atom stereocenters. The number of pyridine rings is 1. The highest BCUT2D eigenvalue weighted by atomic mass is 16.5. The number of ether oxygens (including phenoxy) is 1. The van der Waals surface area contributed by atoms with Gasteiger partial charge in [0, 0.05) is 19.6 Å². The third-order valence-electron chi connectivity index (χ3n) is 6.23. The van der Waals surface area contributed by atoms with Gasteiger partial charge in [-0.15, -0.1) is 0 Å². The van der Waals surface area contributed by atoms with Crippen molar-refractivity contribution in [1.29, 1.82) is 0 Å². The van der Waals surface area contributed by atoms with Crippen LogP contribution < -0.4 is 15.4 Å². The fraction of sp³-hybridized carbons (Fsp3) is 0.357. The van der Waals surface area contributed by atoms with Gasteiger partial charge in [-0.1, -0.05) is 60.2 Å². The summed E-state index contributed by atoms with van der Waals surface area (Å²) in [6.45, 7) is 4.86. The van der Waals surface area contributed by atoms with E-state index in [2.05, 4.69) is 58.8 Å². The van der Waals surface area contributed by atoms with Crippen molar-refractivity contribution in [1.82, 2.24) is 15.2 Å². The van der Waals surface area contributed by atoms with Crippen molar-refractivity contribution in [2.24, 2.45) is 0 Å². The molecule has 178 valence electrons. The summed E-state index contributed by atoms with van der Waals surface area (Å²) in [6.07, 6.45) is 4.79. The Morgan fingerprint density at radius 1 is 1.06 bits per heavy atom. The van der Waals surface area contributed by atoms with Crippen LogP contribution in [0.5, 0.6) is 5.75 Å². The van der Waals surface area contributed by atoms with E-state index < -0.39 is 6.04 Å². The molecule has 1 fully saturated rings. The topological polar surface area (TPSA) is 66.5 Å². The zero-order valence-electron chi connectivity index (χ0n) is 20.0. The number of hydrogen-bond donors (Lipinski definition) is 2. The monoisotopic (exact) mass is 458 g/mol. The summed E-state index contributed by atoms with van der Waals surface area (Å²) in [7, 11) is 2.13. The Bertz CT molecular complexity index is 1030. The minimum Gasteiger partial charge on any atom is -0.489 e. The van der Waals surface area contributed by atoms with Crippen LogP contribution >= 0.6 is 0 Å². The summed E-state index contributed by atoms with van der Waals surface area (Å²) >= 11 is 0. The van der Waals surface area contributed by atoms with Crippen molar-refractivity contribution < 1.29 is 9.53 Å². The number of carbonyl (C=O) groups excluding carboxylic acids is 1. The molecule has 1 saturated heterocycles. The quantitative estimate of drug-likeness (QED) is 0.498.